The third-order valence-corrected chi connectivity index (χ3v) is 5.71. The molecule has 1 saturated heterocycles. The minimum Gasteiger partial charge on any atom is -0.496 e. The lowest BCUT2D eigenvalue weighted by Gasteiger charge is -2.33. The van der Waals surface area contributed by atoms with Crippen LogP contribution < -0.4 is 4.74 Å². The first-order valence-corrected chi connectivity index (χ1v) is 9.63. The van der Waals surface area contributed by atoms with Gasteiger partial charge in [-0.25, -0.2) is 4.79 Å². The highest BCUT2D eigenvalue weighted by molar-refractivity contribution is 6.08. The number of amides is 1. The molecule has 0 bridgehead atoms. The molecule has 2 aromatic carbocycles. The average molecular weight is 393 g/mol. The maximum atomic E-state index is 13.2. The zero-order chi connectivity index (χ0) is 20.5. The Morgan fingerprint density at radius 1 is 1.07 bits per heavy atom. The van der Waals surface area contributed by atoms with Crippen molar-refractivity contribution < 1.29 is 19.4 Å². The highest BCUT2D eigenvalue weighted by Gasteiger charge is 2.28. The summed E-state index contributed by atoms with van der Waals surface area (Å²) in [4.78, 5) is 26.3. The van der Waals surface area contributed by atoms with Gasteiger partial charge in [0.05, 0.1) is 25.0 Å². The number of hydrogen-bond acceptors (Lipinski definition) is 4. The fourth-order valence-electron chi connectivity index (χ4n) is 4.12. The second-order valence-electron chi connectivity index (χ2n) is 7.28. The average Bonchev–Trinajstić information content (AvgIpc) is 3.14. The molecule has 1 aliphatic heterocycles. The number of benzene rings is 2. The maximum Gasteiger partial charge on any atom is 0.339 e. The van der Waals surface area contributed by atoms with Crippen LogP contribution in [0.2, 0.25) is 0 Å². The van der Waals surface area contributed by atoms with Crippen LogP contribution in [0.1, 0.15) is 45.3 Å². The fourth-order valence-corrected chi connectivity index (χ4v) is 4.12. The van der Waals surface area contributed by atoms with Crippen molar-refractivity contribution in [3.8, 4) is 5.75 Å². The number of carbonyl (C=O) groups excluding carboxylic acids is 1. The van der Waals surface area contributed by atoms with Gasteiger partial charge in [0, 0.05) is 24.0 Å². The SMILES string of the molecule is COc1ccc(C(=O)N2CCC(n3ncc(C(=O)O)c3C)CC2)c2ccccc12. The number of piperidine rings is 1. The van der Waals surface area contributed by atoms with Gasteiger partial charge in [-0.05, 0) is 37.3 Å². The quantitative estimate of drug-likeness (QED) is 0.733. The Morgan fingerprint density at radius 3 is 2.38 bits per heavy atom. The van der Waals surface area contributed by atoms with Crippen molar-refractivity contribution in [2.75, 3.05) is 20.2 Å². The first-order chi connectivity index (χ1) is 14.0. The monoisotopic (exact) mass is 393 g/mol. The van der Waals surface area contributed by atoms with Crippen LogP contribution in [0.3, 0.4) is 0 Å². The number of likely N-dealkylation sites (tertiary alicyclic amines) is 1. The molecule has 0 atom stereocenters. The second-order valence-corrected chi connectivity index (χ2v) is 7.28. The number of aromatic carboxylic acids is 1. The first-order valence-electron chi connectivity index (χ1n) is 9.63. The van der Waals surface area contributed by atoms with Gasteiger partial charge in [-0.2, -0.15) is 5.10 Å². The number of carbonyl (C=O) groups is 2. The van der Waals surface area contributed by atoms with E-state index in [1.807, 2.05) is 41.3 Å². The van der Waals surface area contributed by atoms with Crippen LogP contribution in [-0.4, -0.2) is 51.9 Å². The van der Waals surface area contributed by atoms with Crippen LogP contribution in [0, 0.1) is 6.92 Å². The van der Waals surface area contributed by atoms with Crippen LogP contribution in [0.5, 0.6) is 5.75 Å². The summed E-state index contributed by atoms with van der Waals surface area (Å²) < 4.78 is 7.21. The third kappa shape index (κ3) is 3.33. The number of carboxylic acid groups (broad SMARTS) is 1. The van der Waals surface area contributed by atoms with Gasteiger partial charge in [-0.15, -0.1) is 0 Å². The molecule has 1 amide bonds. The molecule has 7 heteroatoms. The largest absolute Gasteiger partial charge is 0.496 e. The second kappa shape index (κ2) is 7.58. The van der Waals surface area contributed by atoms with E-state index in [4.69, 9.17) is 4.74 Å². The lowest BCUT2D eigenvalue weighted by atomic mass is 10.00. The molecule has 0 spiro atoms. The number of nitrogens with zero attached hydrogens (tertiary/aromatic N) is 3. The minimum absolute atomic E-state index is 0.00529. The predicted molar refractivity (Wildman–Crippen MR) is 109 cm³/mol. The molecule has 150 valence electrons. The summed E-state index contributed by atoms with van der Waals surface area (Å²) in [6.07, 6.45) is 2.88. The fraction of sp³-hybridized carbons (Fsp3) is 0.318. The summed E-state index contributed by atoms with van der Waals surface area (Å²) in [6.45, 7) is 2.98. The van der Waals surface area contributed by atoms with Gasteiger partial charge < -0.3 is 14.7 Å². The zero-order valence-corrected chi connectivity index (χ0v) is 16.5. The summed E-state index contributed by atoms with van der Waals surface area (Å²) in [7, 11) is 1.63. The van der Waals surface area contributed by atoms with Crippen LogP contribution in [0.15, 0.2) is 42.6 Å². The lowest BCUT2D eigenvalue weighted by Crippen LogP contribution is -2.39. The number of hydrogen-bond donors (Lipinski definition) is 1. The molecule has 2 heterocycles. The molecule has 1 fully saturated rings. The van der Waals surface area contributed by atoms with Crippen molar-refractivity contribution >= 4 is 22.6 Å². The van der Waals surface area contributed by atoms with Gasteiger partial charge in [-0.3, -0.25) is 9.48 Å². The summed E-state index contributed by atoms with van der Waals surface area (Å²) in [5, 5.41) is 15.3. The normalized spacial score (nSPS) is 14.9. The van der Waals surface area contributed by atoms with E-state index in [1.54, 1.807) is 18.7 Å². The Morgan fingerprint density at radius 2 is 1.76 bits per heavy atom. The number of carboxylic acids is 1. The molecule has 4 rings (SSSR count). The molecule has 0 unspecified atom stereocenters. The van der Waals surface area contributed by atoms with E-state index < -0.39 is 5.97 Å². The van der Waals surface area contributed by atoms with E-state index in [-0.39, 0.29) is 17.5 Å². The molecule has 7 nitrogen and oxygen atoms in total. The lowest BCUT2D eigenvalue weighted by molar-refractivity contribution is 0.0689. The van der Waals surface area contributed by atoms with Crippen LogP contribution in [-0.2, 0) is 0 Å². The number of aromatic nitrogens is 2. The summed E-state index contributed by atoms with van der Waals surface area (Å²) in [6, 6.07) is 11.5. The summed E-state index contributed by atoms with van der Waals surface area (Å²) >= 11 is 0. The van der Waals surface area contributed by atoms with Crippen molar-refractivity contribution in [2.45, 2.75) is 25.8 Å². The minimum atomic E-state index is -0.965. The Balaban J connectivity index is 1.53. The first kappa shape index (κ1) is 19.0. The van der Waals surface area contributed by atoms with E-state index in [0.717, 1.165) is 29.4 Å². The molecule has 0 radical (unpaired) electrons. The van der Waals surface area contributed by atoms with E-state index >= 15 is 0 Å². The van der Waals surface area contributed by atoms with E-state index in [2.05, 4.69) is 5.10 Å². The molecule has 1 N–H and O–H groups in total. The molecule has 1 aliphatic rings. The summed E-state index contributed by atoms with van der Waals surface area (Å²) in [5.41, 5.74) is 1.56. The van der Waals surface area contributed by atoms with E-state index in [0.29, 0.717) is 24.3 Å². The molecular weight excluding hydrogens is 370 g/mol. The van der Waals surface area contributed by atoms with Gasteiger partial charge >= 0.3 is 5.97 Å². The Kier molecular flexibility index (Phi) is 4.96. The van der Waals surface area contributed by atoms with Crippen molar-refractivity contribution in [3.63, 3.8) is 0 Å². The van der Waals surface area contributed by atoms with E-state index in [9.17, 15) is 14.7 Å². The highest BCUT2D eigenvalue weighted by atomic mass is 16.5. The van der Waals surface area contributed by atoms with Gasteiger partial charge in [0.2, 0.25) is 0 Å². The van der Waals surface area contributed by atoms with Crippen molar-refractivity contribution in [1.29, 1.82) is 0 Å². The number of rotatable bonds is 4. The molecule has 29 heavy (non-hydrogen) atoms. The Bertz CT molecular complexity index is 1080. The van der Waals surface area contributed by atoms with Gasteiger partial charge in [0.25, 0.3) is 5.91 Å². The molecule has 0 aliphatic carbocycles. The van der Waals surface area contributed by atoms with Crippen LogP contribution >= 0.6 is 0 Å². The van der Waals surface area contributed by atoms with Crippen molar-refractivity contribution in [1.82, 2.24) is 14.7 Å². The predicted octanol–water partition coefficient (Wildman–Crippen LogP) is 3.53. The Hall–Kier alpha value is -3.35. The van der Waals surface area contributed by atoms with Gasteiger partial charge in [0.1, 0.15) is 11.3 Å². The topological polar surface area (TPSA) is 84.7 Å². The number of ether oxygens (including phenoxy) is 1. The van der Waals surface area contributed by atoms with Gasteiger partial charge in [-0.1, -0.05) is 24.3 Å². The van der Waals surface area contributed by atoms with Crippen LogP contribution in [0.4, 0.5) is 0 Å². The Labute approximate surface area is 168 Å². The molecule has 1 aromatic heterocycles. The smallest absolute Gasteiger partial charge is 0.339 e. The number of methoxy groups -OCH3 is 1. The molecule has 3 aromatic rings. The van der Waals surface area contributed by atoms with Gasteiger partial charge in [0.15, 0.2) is 0 Å². The van der Waals surface area contributed by atoms with Crippen LogP contribution in [0.25, 0.3) is 10.8 Å². The third-order valence-electron chi connectivity index (χ3n) is 5.71. The maximum absolute atomic E-state index is 13.2. The standard InChI is InChI=1S/C22H23N3O4/c1-14-19(22(27)28)13-23-25(14)15-9-11-24(12-10-15)21(26)18-7-8-20(29-2)17-6-4-3-5-16(17)18/h3-8,13,15H,9-12H2,1-2H3,(H,27,28). The summed E-state index contributed by atoms with van der Waals surface area (Å²) in [5.74, 6) is -0.210. The number of fused-ring (bicyclic) bond motifs is 1. The zero-order valence-electron chi connectivity index (χ0n) is 16.5. The molecule has 0 saturated carbocycles. The van der Waals surface area contributed by atoms with E-state index in [1.165, 1.54) is 6.20 Å². The van der Waals surface area contributed by atoms with Crippen molar-refractivity contribution in [3.05, 3.63) is 59.4 Å². The molecular formula is C22H23N3O4. The highest BCUT2D eigenvalue weighted by Crippen LogP contribution is 2.31. The van der Waals surface area contributed by atoms with Crippen molar-refractivity contribution in [2.24, 2.45) is 0 Å².